The molecule has 1 aliphatic rings. The molecule has 0 aromatic carbocycles. The van der Waals surface area contributed by atoms with E-state index in [-0.39, 0.29) is 12.3 Å². The summed E-state index contributed by atoms with van der Waals surface area (Å²) in [5.74, 6) is -1.24. The fraction of sp³-hybridized carbons (Fsp3) is 0.500. The molecule has 1 aliphatic heterocycles. The molecule has 0 aliphatic carbocycles. The van der Waals surface area contributed by atoms with Crippen LogP contribution in [0.15, 0.2) is 22.8 Å². The zero-order valence-corrected chi connectivity index (χ0v) is 11.7. The summed E-state index contributed by atoms with van der Waals surface area (Å²) in [5.41, 5.74) is -1.47. The van der Waals surface area contributed by atoms with Crippen molar-refractivity contribution in [2.24, 2.45) is 0 Å². The van der Waals surface area contributed by atoms with Crippen LogP contribution in [0.2, 0.25) is 0 Å². The summed E-state index contributed by atoms with van der Waals surface area (Å²) in [6, 6.07) is 3.14. The third-order valence-corrected chi connectivity index (χ3v) is 5.42. The first-order chi connectivity index (χ1) is 9.40. The Morgan fingerprint density at radius 1 is 1.55 bits per heavy atom. The molecule has 1 aromatic heterocycles. The molecular formula is C12H16NO6P. The van der Waals surface area contributed by atoms with Gasteiger partial charge in [0.1, 0.15) is 11.4 Å². The SMILES string of the molecule is O=C(O)[C@H](Cc1ccco1)P(=O)(O)CN1CCCC1=O. The van der Waals surface area contributed by atoms with Crippen molar-refractivity contribution in [2.75, 3.05) is 12.8 Å². The van der Waals surface area contributed by atoms with Crippen LogP contribution in [-0.4, -0.2) is 45.3 Å². The first-order valence-electron chi connectivity index (χ1n) is 6.24. The number of carboxylic acid groups (broad SMARTS) is 1. The predicted molar refractivity (Wildman–Crippen MR) is 69.5 cm³/mol. The number of furan rings is 1. The van der Waals surface area contributed by atoms with Gasteiger partial charge in [-0.1, -0.05) is 0 Å². The highest BCUT2D eigenvalue weighted by Crippen LogP contribution is 2.48. The Morgan fingerprint density at radius 3 is 2.80 bits per heavy atom. The maximum absolute atomic E-state index is 12.3. The van der Waals surface area contributed by atoms with E-state index in [1.54, 1.807) is 12.1 Å². The molecule has 0 bridgehead atoms. The monoisotopic (exact) mass is 301 g/mol. The highest BCUT2D eigenvalue weighted by Gasteiger charge is 2.40. The van der Waals surface area contributed by atoms with Gasteiger partial charge in [-0.2, -0.15) is 0 Å². The highest BCUT2D eigenvalue weighted by molar-refractivity contribution is 7.59. The molecule has 110 valence electrons. The Balaban J connectivity index is 2.12. The van der Waals surface area contributed by atoms with E-state index in [0.717, 1.165) is 0 Å². The zero-order chi connectivity index (χ0) is 14.8. The first-order valence-corrected chi connectivity index (χ1v) is 8.16. The number of carboxylic acids is 1. The number of amides is 1. The summed E-state index contributed by atoms with van der Waals surface area (Å²) in [7, 11) is -4.04. The number of rotatable bonds is 6. The van der Waals surface area contributed by atoms with Gasteiger partial charge in [0, 0.05) is 19.4 Å². The number of hydrogen-bond donors (Lipinski definition) is 2. The maximum atomic E-state index is 12.3. The summed E-state index contributed by atoms with van der Waals surface area (Å²) in [5, 5.41) is 9.17. The fourth-order valence-electron chi connectivity index (χ4n) is 2.22. The van der Waals surface area contributed by atoms with Crippen molar-refractivity contribution in [3.05, 3.63) is 24.2 Å². The van der Waals surface area contributed by atoms with Gasteiger partial charge in [0.25, 0.3) is 0 Å². The Bertz CT molecular complexity index is 540. The number of aliphatic carboxylic acids is 1. The van der Waals surface area contributed by atoms with E-state index in [1.165, 1.54) is 11.2 Å². The van der Waals surface area contributed by atoms with Crippen molar-refractivity contribution in [1.29, 1.82) is 0 Å². The third-order valence-electron chi connectivity index (χ3n) is 3.29. The molecule has 7 nitrogen and oxygen atoms in total. The van der Waals surface area contributed by atoms with Gasteiger partial charge in [-0.25, -0.2) is 0 Å². The molecule has 1 aromatic rings. The van der Waals surface area contributed by atoms with Crippen LogP contribution < -0.4 is 0 Å². The molecule has 1 saturated heterocycles. The second-order valence-electron chi connectivity index (χ2n) is 4.80. The van der Waals surface area contributed by atoms with Gasteiger partial charge in [0.2, 0.25) is 13.3 Å². The van der Waals surface area contributed by atoms with Crippen molar-refractivity contribution in [1.82, 2.24) is 4.90 Å². The minimum absolute atomic E-state index is 0.169. The third kappa shape index (κ3) is 3.29. The lowest BCUT2D eigenvalue weighted by Gasteiger charge is -2.24. The minimum atomic E-state index is -4.04. The lowest BCUT2D eigenvalue weighted by Crippen LogP contribution is -2.32. The lowest BCUT2D eigenvalue weighted by atomic mass is 10.2. The smallest absolute Gasteiger partial charge is 0.316 e. The molecular weight excluding hydrogens is 285 g/mol. The van der Waals surface area contributed by atoms with Gasteiger partial charge in [-0.05, 0) is 18.6 Å². The van der Waals surface area contributed by atoms with Crippen LogP contribution >= 0.6 is 7.37 Å². The van der Waals surface area contributed by atoms with E-state index in [2.05, 4.69) is 0 Å². The fourth-order valence-corrected chi connectivity index (χ4v) is 4.01. The number of likely N-dealkylation sites (tertiary alicyclic amines) is 1. The summed E-state index contributed by atoms with van der Waals surface area (Å²) in [4.78, 5) is 34.1. The van der Waals surface area contributed by atoms with Crippen LogP contribution in [0.4, 0.5) is 0 Å². The van der Waals surface area contributed by atoms with Gasteiger partial charge in [0.15, 0.2) is 0 Å². The normalized spacial score (nSPS) is 19.9. The van der Waals surface area contributed by atoms with E-state index in [1.807, 2.05) is 0 Å². The quantitative estimate of drug-likeness (QED) is 0.762. The molecule has 2 rings (SSSR count). The average Bonchev–Trinajstić information content (AvgIpc) is 2.98. The Labute approximate surface area is 115 Å². The molecule has 2 atom stereocenters. The van der Waals surface area contributed by atoms with E-state index in [9.17, 15) is 24.2 Å². The topological polar surface area (TPSA) is 108 Å². The van der Waals surface area contributed by atoms with Crippen LogP contribution in [0.3, 0.4) is 0 Å². The number of hydrogen-bond acceptors (Lipinski definition) is 4. The van der Waals surface area contributed by atoms with Crippen molar-refractivity contribution < 1.29 is 28.6 Å². The highest BCUT2D eigenvalue weighted by atomic mass is 31.2. The van der Waals surface area contributed by atoms with Crippen LogP contribution in [0.1, 0.15) is 18.6 Å². The molecule has 2 heterocycles. The molecule has 20 heavy (non-hydrogen) atoms. The molecule has 1 fully saturated rings. The Hall–Kier alpha value is -1.59. The van der Waals surface area contributed by atoms with Crippen LogP contribution in [0.5, 0.6) is 0 Å². The van der Waals surface area contributed by atoms with E-state index in [0.29, 0.717) is 25.1 Å². The summed E-state index contributed by atoms with van der Waals surface area (Å²) in [6.45, 7) is 0.399. The average molecular weight is 301 g/mol. The molecule has 0 radical (unpaired) electrons. The van der Waals surface area contributed by atoms with Gasteiger partial charge < -0.3 is 19.3 Å². The van der Waals surface area contributed by atoms with E-state index < -0.39 is 25.3 Å². The minimum Gasteiger partial charge on any atom is -0.481 e. The van der Waals surface area contributed by atoms with Crippen molar-refractivity contribution in [3.8, 4) is 0 Å². The largest absolute Gasteiger partial charge is 0.481 e. The standard InChI is InChI=1S/C12H16NO6P/c14-11-4-1-5-13(11)8-20(17,18)10(12(15)16)7-9-3-2-6-19-9/h2-3,6,10H,1,4-5,7-8H2,(H,15,16)(H,17,18)/t10-/m0/s1. The predicted octanol–water partition coefficient (Wildman–Crippen LogP) is 1.13. The van der Waals surface area contributed by atoms with Gasteiger partial charge >= 0.3 is 5.97 Å². The van der Waals surface area contributed by atoms with Crippen LogP contribution in [0.25, 0.3) is 0 Å². The Morgan fingerprint density at radius 2 is 2.30 bits per heavy atom. The van der Waals surface area contributed by atoms with Crippen molar-refractivity contribution in [3.63, 3.8) is 0 Å². The number of carbonyl (C=O) groups is 2. The second kappa shape index (κ2) is 5.81. The number of nitrogens with zero attached hydrogens (tertiary/aromatic N) is 1. The summed E-state index contributed by atoms with van der Waals surface area (Å²) < 4.78 is 17.3. The zero-order valence-electron chi connectivity index (χ0n) is 10.8. The lowest BCUT2D eigenvalue weighted by molar-refractivity contribution is -0.137. The number of carbonyl (C=O) groups excluding carboxylic acids is 1. The molecule has 2 N–H and O–H groups in total. The maximum Gasteiger partial charge on any atom is 0.316 e. The van der Waals surface area contributed by atoms with Gasteiger partial charge in [0.05, 0.1) is 12.5 Å². The van der Waals surface area contributed by atoms with Crippen LogP contribution in [0, 0.1) is 0 Å². The molecule has 0 spiro atoms. The van der Waals surface area contributed by atoms with Crippen LogP contribution in [-0.2, 0) is 20.6 Å². The molecule has 8 heteroatoms. The molecule has 1 unspecified atom stereocenters. The Kier molecular flexibility index (Phi) is 4.30. The van der Waals surface area contributed by atoms with Gasteiger partial charge in [-0.3, -0.25) is 14.2 Å². The molecule has 1 amide bonds. The first kappa shape index (κ1) is 14.8. The van der Waals surface area contributed by atoms with Gasteiger partial charge in [-0.15, -0.1) is 0 Å². The van der Waals surface area contributed by atoms with Crippen molar-refractivity contribution in [2.45, 2.75) is 24.9 Å². The summed E-state index contributed by atoms with van der Waals surface area (Å²) in [6.07, 6.45) is 1.77. The van der Waals surface area contributed by atoms with E-state index >= 15 is 0 Å². The van der Waals surface area contributed by atoms with Crippen molar-refractivity contribution >= 4 is 19.2 Å². The summed E-state index contributed by atoms with van der Waals surface area (Å²) >= 11 is 0. The molecule has 0 saturated carbocycles. The van der Waals surface area contributed by atoms with E-state index in [4.69, 9.17) is 4.42 Å². The second-order valence-corrected chi connectivity index (χ2v) is 7.21.